The predicted molar refractivity (Wildman–Crippen MR) is 269 cm³/mol. The van der Waals surface area contributed by atoms with Crippen LogP contribution in [0.25, 0.3) is 0 Å². The van der Waals surface area contributed by atoms with Gasteiger partial charge in [0.2, 0.25) is 0 Å². The number of carbonyl (C=O) groups excluding carboxylic acids is 3. The molecule has 0 aliphatic carbocycles. The molecule has 348 valence electrons. The lowest BCUT2D eigenvalue weighted by Gasteiger charge is -2.18. The predicted octanol–water partition coefficient (Wildman–Crippen LogP) is 15.9. The SMILES string of the molecule is CC\C=C/C=C\C=C/C=C\C=C\C=C/C=C\CCCCCC(=O)OCC(COC(=O)CC/C=C\C/C=C\CCCCCCCC)OC(=O)CCCCC\C=C/C=C\C=C/C=C\CC. The summed E-state index contributed by atoms with van der Waals surface area (Å²) < 4.78 is 16.6. The van der Waals surface area contributed by atoms with E-state index in [9.17, 15) is 14.4 Å². The summed E-state index contributed by atoms with van der Waals surface area (Å²) in [5.74, 6) is -1.11. The summed E-state index contributed by atoms with van der Waals surface area (Å²) in [7, 11) is 0. The van der Waals surface area contributed by atoms with Crippen LogP contribution in [0.1, 0.15) is 162 Å². The monoisotopic (exact) mass is 865 g/mol. The van der Waals surface area contributed by atoms with Crippen molar-refractivity contribution >= 4 is 17.9 Å². The molecule has 0 aliphatic heterocycles. The summed E-state index contributed by atoms with van der Waals surface area (Å²) >= 11 is 0. The highest BCUT2D eigenvalue weighted by molar-refractivity contribution is 5.71. The molecule has 0 aromatic heterocycles. The van der Waals surface area contributed by atoms with E-state index in [0.29, 0.717) is 19.3 Å². The van der Waals surface area contributed by atoms with Crippen LogP contribution < -0.4 is 0 Å². The summed E-state index contributed by atoms with van der Waals surface area (Å²) in [5, 5.41) is 0. The van der Waals surface area contributed by atoms with Crippen molar-refractivity contribution in [3.05, 3.63) is 158 Å². The number of esters is 3. The average molecular weight is 865 g/mol. The molecule has 0 spiro atoms. The van der Waals surface area contributed by atoms with Crippen LogP contribution >= 0.6 is 0 Å². The Morgan fingerprint density at radius 2 is 0.714 bits per heavy atom. The molecule has 0 heterocycles. The highest BCUT2D eigenvalue weighted by Gasteiger charge is 2.19. The van der Waals surface area contributed by atoms with Crippen molar-refractivity contribution in [1.29, 1.82) is 0 Å². The van der Waals surface area contributed by atoms with Gasteiger partial charge in [0.1, 0.15) is 13.2 Å². The van der Waals surface area contributed by atoms with E-state index < -0.39 is 6.10 Å². The van der Waals surface area contributed by atoms with E-state index in [0.717, 1.165) is 64.2 Å². The minimum absolute atomic E-state index is 0.143. The molecule has 6 nitrogen and oxygen atoms in total. The maximum atomic E-state index is 12.7. The number of carbonyl (C=O) groups is 3. The number of rotatable bonds is 40. The highest BCUT2D eigenvalue weighted by Crippen LogP contribution is 2.10. The zero-order valence-corrected chi connectivity index (χ0v) is 39.5. The highest BCUT2D eigenvalue weighted by atomic mass is 16.6. The van der Waals surface area contributed by atoms with E-state index in [4.69, 9.17) is 14.2 Å². The second-order valence-electron chi connectivity index (χ2n) is 15.2. The van der Waals surface area contributed by atoms with Crippen LogP contribution in [0.3, 0.4) is 0 Å². The molecule has 0 saturated heterocycles. The zero-order valence-electron chi connectivity index (χ0n) is 39.5. The van der Waals surface area contributed by atoms with Crippen molar-refractivity contribution in [2.24, 2.45) is 0 Å². The molecule has 1 atom stereocenters. The second-order valence-corrected chi connectivity index (χ2v) is 15.2. The van der Waals surface area contributed by atoms with Crippen LogP contribution in [0.2, 0.25) is 0 Å². The number of allylic oxidation sites excluding steroid dienone is 26. The zero-order chi connectivity index (χ0) is 45.8. The summed E-state index contributed by atoms with van der Waals surface area (Å²) in [5.41, 5.74) is 0. The molecular weight excluding hydrogens is 781 g/mol. The molecule has 0 fully saturated rings. The lowest BCUT2D eigenvalue weighted by atomic mass is 10.1. The van der Waals surface area contributed by atoms with Crippen molar-refractivity contribution in [1.82, 2.24) is 0 Å². The maximum Gasteiger partial charge on any atom is 0.306 e. The van der Waals surface area contributed by atoms with Gasteiger partial charge >= 0.3 is 17.9 Å². The van der Waals surface area contributed by atoms with Crippen LogP contribution in [-0.2, 0) is 28.6 Å². The molecule has 63 heavy (non-hydrogen) atoms. The lowest BCUT2D eigenvalue weighted by Crippen LogP contribution is -2.30. The third kappa shape index (κ3) is 47.9. The van der Waals surface area contributed by atoms with Crippen LogP contribution in [0.4, 0.5) is 0 Å². The molecule has 0 amide bonds. The van der Waals surface area contributed by atoms with Gasteiger partial charge in [-0.2, -0.15) is 0 Å². The van der Waals surface area contributed by atoms with E-state index in [-0.39, 0.29) is 50.4 Å². The number of hydrogen-bond acceptors (Lipinski definition) is 6. The van der Waals surface area contributed by atoms with E-state index >= 15 is 0 Å². The minimum Gasteiger partial charge on any atom is -0.462 e. The Balaban J connectivity index is 4.65. The topological polar surface area (TPSA) is 78.9 Å². The molecule has 6 heteroatoms. The molecule has 1 unspecified atom stereocenters. The Morgan fingerprint density at radius 3 is 1.19 bits per heavy atom. The second kappa shape index (κ2) is 49.7. The molecular formula is C57H84O6. The summed E-state index contributed by atoms with van der Waals surface area (Å²) in [4.78, 5) is 37.8. The van der Waals surface area contributed by atoms with Gasteiger partial charge in [-0.3, -0.25) is 14.4 Å². The molecule has 0 aromatic carbocycles. The summed E-state index contributed by atoms with van der Waals surface area (Å²) in [6.07, 6.45) is 72.3. The lowest BCUT2D eigenvalue weighted by molar-refractivity contribution is -0.166. The van der Waals surface area contributed by atoms with Crippen molar-refractivity contribution in [3.63, 3.8) is 0 Å². The fraction of sp³-hybridized carbons (Fsp3) is 0.491. The number of ether oxygens (including phenoxy) is 3. The third-order valence-corrected chi connectivity index (χ3v) is 9.30. The van der Waals surface area contributed by atoms with Gasteiger partial charge in [-0.25, -0.2) is 0 Å². The maximum absolute atomic E-state index is 12.7. The van der Waals surface area contributed by atoms with Gasteiger partial charge in [-0.1, -0.05) is 224 Å². The van der Waals surface area contributed by atoms with Gasteiger partial charge in [0.05, 0.1) is 0 Å². The minimum atomic E-state index is -0.847. The Bertz CT molecular complexity index is 1510. The first-order valence-electron chi connectivity index (χ1n) is 24.1. The third-order valence-electron chi connectivity index (χ3n) is 9.30. The molecule has 0 aromatic rings. The largest absolute Gasteiger partial charge is 0.462 e. The fourth-order valence-corrected chi connectivity index (χ4v) is 5.72. The van der Waals surface area contributed by atoms with Crippen LogP contribution in [0.5, 0.6) is 0 Å². The molecule has 0 saturated carbocycles. The van der Waals surface area contributed by atoms with E-state index in [2.05, 4.69) is 63.3 Å². The average Bonchev–Trinajstić information content (AvgIpc) is 3.28. The van der Waals surface area contributed by atoms with Crippen molar-refractivity contribution in [2.75, 3.05) is 13.2 Å². The van der Waals surface area contributed by atoms with Gasteiger partial charge in [0, 0.05) is 19.3 Å². The number of unbranched alkanes of at least 4 members (excludes halogenated alkanes) is 12. The summed E-state index contributed by atoms with van der Waals surface area (Å²) in [6.45, 7) is 6.17. The first kappa shape index (κ1) is 58.0. The molecule has 0 N–H and O–H groups in total. The standard InChI is InChI=1S/C57H84O6/c1-4-7-10-13-16-19-22-25-26-27-28-29-30-33-35-38-41-44-47-50-56(59)62-53-54(63-57(60)51-48-45-42-39-36-32-24-21-18-15-12-9-6-3)52-61-55(58)49-46-43-40-37-34-31-23-20-17-14-11-8-5-2/h7,9-10,12-13,15-16,18-19,21-22,24-36,40,43,54H,4-6,8,11,14,17,20,23,37-39,41-42,44-53H2,1-3H3/b10-7-,12-9-,16-13-,18-15-,22-19-,24-21-,26-25-,28-27+,30-29-,34-31-,35-33-,36-32-,43-40-. The van der Waals surface area contributed by atoms with Crippen LogP contribution in [-0.4, -0.2) is 37.2 Å². The Labute approximate surface area is 384 Å². The van der Waals surface area contributed by atoms with Crippen molar-refractivity contribution in [3.8, 4) is 0 Å². The molecule has 0 bridgehead atoms. The van der Waals surface area contributed by atoms with E-state index in [1.54, 1.807) is 0 Å². The normalized spacial score (nSPS) is 13.5. The van der Waals surface area contributed by atoms with Gasteiger partial charge in [-0.15, -0.1) is 0 Å². The number of hydrogen-bond donors (Lipinski definition) is 0. The van der Waals surface area contributed by atoms with Crippen LogP contribution in [0, 0.1) is 0 Å². The molecule has 0 rings (SSSR count). The molecule has 0 radical (unpaired) electrons. The quantitative estimate of drug-likeness (QED) is 0.0201. The van der Waals surface area contributed by atoms with Gasteiger partial charge in [-0.05, 0) is 77.0 Å². The smallest absolute Gasteiger partial charge is 0.306 e. The van der Waals surface area contributed by atoms with E-state index in [1.807, 2.05) is 115 Å². The van der Waals surface area contributed by atoms with E-state index in [1.165, 1.54) is 38.5 Å². The Hall–Kier alpha value is -4.97. The van der Waals surface area contributed by atoms with Gasteiger partial charge < -0.3 is 14.2 Å². The fourth-order valence-electron chi connectivity index (χ4n) is 5.72. The van der Waals surface area contributed by atoms with Gasteiger partial charge in [0.15, 0.2) is 6.10 Å². The molecule has 0 aliphatic rings. The van der Waals surface area contributed by atoms with Crippen molar-refractivity contribution in [2.45, 2.75) is 168 Å². The van der Waals surface area contributed by atoms with Crippen LogP contribution in [0.15, 0.2) is 158 Å². The van der Waals surface area contributed by atoms with Gasteiger partial charge in [0.25, 0.3) is 0 Å². The first-order chi connectivity index (χ1) is 31.0. The van der Waals surface area contributed by atoms with Crippen molar-refractivity contribution < 1.29 is 28.6 Å². The summed E-state index contributed by atoms with van der Waals surface area (Å²) in [6, 6.07) is 0. The Morgan fingerprint density at radius 1 is 0.349 bits per heavy atom. The Kier molecular flexibility index (Phi) is 45.8. The first-order valence-corrected chi connectivity index (χ1v) is 24.1.